The molecule has 0 N–H and O–H groups in total. The molecule has 8 aromatic carbocycles. The molecule has 4 heteroatoms. The second-order valence-electron chi connectivity index (χ2n) is 14.2. The molecule has 4 nitrogen and oxygen atoms in total. The summed E-state index contributed by atoms with van der Waals surface area (Å²) >= 11 is 0. The predicted octanol–water partition coefficient (Wildman–Crippen LogP) is 12.6. The number of rotatable bonds is 4. The lowest BCUT2D eigenvalue weighted by atomic mass is 9.70. The van der Waals surface area contributed by atoms with Crippen LogP contribution in [0.3, 0.4) is 0 Å². The van der Waals surface area contributed by atoms with E-state index < -0.39 is 5.41 Å². The van der Waals surface area contributed by atoms with Crippen LogP contribution in [0.5, 0.6) is 0 Å². The lowest BCUT2D eigenvalue weighted by Gasteiger charge is -2.30. The van der Waals surface area contributed by atoms with Crippen molar-refractivity contribution in [3.05, 3.63) is 216 Å². The van der Waals surface area contributed by atoms with Crippen LogP contribution in [-0.4, -0.2) is 15.0 Å². The molecule has 2 aliphatic carbocycles. The van der Waals surface area contributed by atoms with E-state index in [1.54, 1.807) is 0 Å². The average molecular weight is 699 g/mol. The van der Waals surface area contributed by atoms with Crippen molar-refractivity contribution in [2.75, 3.05) is 0 Å². The molecule has 1 spiro atoms. The van der Waals surface area contributed by atoms with Crippen molar-refractivity contribution in [3.8, 4) is 67.5 Å². The highest BCUT2D eigenvalue weighted by atomic mass is 15.0. The lowest BCUT2D eigenvalue weighted by Crippen LogP contribution is -2.25. The molecule has 0 fully saturated rings. The monoisotopic (exact) mass is 698 g/mol. The molecule has 0 amide bonds. The van der Waals surface area contributed by atoms with Gasteiger partial charge in [-0.25, -0.2) is 19.8 Å². The Morgan fingerprint density at radius 2 is 0.909 bits per heavy atom. The Bertz CT molecular complexity index is 3020. The summed E-state index contributed by atoms with van der Waals surface area (Å²) in [5.74, 6) is 1.86. The highest BCUT2D eigenvalue weighted by Crippen LogP contribution is 2.64. The molecule has 0 bridgehead atoms. The van der Waals surface area contributed by atoms with Crippen LogP contribution in [0.4, 0.5) is 5.69 Å². The van der Waals surface area contributed by atoms with Gasteiger partial charge in [0, 0.05) is 16.7 Å². The van der Waals surface area contributed by atoms with Crippen molar-refractivity contribution in [2.24, 2.45) is 0 Å². The molecule has 1 aromatic heterocycles. The fourth-order valence-electron chi connectivity index (χ4n) is 9.00. The van der Waals surface area contributed by atoms with Gasteiger partial charge in [0.2, 0.25) is 0 Å². The number of benzene rings is 8. The van der Waals surface area contributed by atoms with Crippen LogP contribution in [0.2, 0.25) is 0 Å². The zero-order valence-electron chi connectivity index (χ0n) is 29.6. The molecule has 1 heterocycles. The van der Waals surface area contributed by atoms with Gasteiger partial charge in [0.1, 0.15) is 0 Å². The Kier molecular flexibility index (Phi) is 6.80. The van der Waals surface area contributed by atoms with E-state index in [0.29, 0.717) is 23.2 Å². The molecule has 0 saturated heterocycles. The molecule has 2 aliphatic rings. The lowest BCUT2D eigenvalue weighted by molar-refractivity contribution is 0.794. The highest BCUT2D eigenvalue weighted by molar-refractivity contribution is 6.01. The maximum atomic E-state index is 7.97. The van der Waals surface area contributed by atoms with Crippen molar-refractivity contribution in [2.45, 2.75) is 5.41 Å². The number of aromatic nitrogens is 3. The summed E-state index contributed by atoms with van der Waals surface area (Å²) in [6, 6.07) is 63.9. The smallest absolute Gasteiger partial charge is 0.187 e. The zero-order chi connectivity index (χ0) is 36.5. The number of nitrogens with zero attached hydrogens (tertiary/aromatic N) is 4. The number of hydrogen-bond donors (Lipinski definition) is 0. The van der Waals surface area contributed by atoms with Crippen molar-refractivity contribution in [1.82, 2.24) is 15.0 Å². The normalized spacial score (nSPS) is 12.9. The Hall–Kier alpha value is -7.48. The van der Waals surface area contributed by atoms with Gasteiger partial charge in [-0.2, -0.15) is 0 Å². The molecule has 11 rings (SSSR count). The number of fused-ring (bicyclic) bond motifs is 11. The largest absolute Gasteiger partial charge is 0.238 e. The van der Waals surface area contributed by atoms with E-state index in [0.717, 1.165) is 44.3 Å². The Morgan fingerprint density at radius 1 is 0.364 bits per heavy atom. The van der Waals surface area contributed by atoms with E-state index in [2.05, 4.69) is 150 Å². The van der Waals surface area contributed by atoms with Crippen LogP contribution in [0.1, 0.15) is 22.3 Å². The van der Waals surface area contributed by atoms with Crippen molar-refractivity contribution in [1.29, 1.82) is 0 Å². The molecular formula is C51H30N4. The van der Waals surface area contributed by atoms with E-state index >= 15 is 0 Å². The van der Waals surface area contributed by atoms with E-state index in [4.69, 9.17) is 21.5 Å². The maximum absolute atomic E-state index is 7.97. The number of hydrogen-bond acceptors (Lipinski definition) is 3. The summed E-state index contributed by atoms with van der Waals surface area (Å²) in [5, 5.41) is 2.30. The molecule has 55 heavy (non-hydrogen) atoms. The first-order valence-corrected chi connectivity index (χ1v) is 18.5. The quantitative estimate of drug-likeness (QED) is 0.172. The SMILES string of the molecule is [C-]#[N+]c1ccc2c(c1)-c1c(-c3cccc(-c4nc(-c5ccccc5)nc(-c5ccc6ccccc6c5)n4)c3)cccc1C21c2ccccc2-c2ccccc21. The topological polar surface area (TPSA) is 43.0 Å². The molecule has 9 aromatic rings. The van der Waals surface area contributed by atoms with Crippen molar-refractivity contribution >= 4 is 16.5 Å². The summed E-state index contributed by atoms with van der Waals surface area (Å²) < 4.78 is 0. The van der Waals surface area contributed by atoms with Crippen molar-refractivity contribution in [3.63, 3.8) is 0 Å². The highest BCUT2D eigenvalue weighted by Gasteiger charge is 2.52. The zero-order valence-corrected chi connectivity index (χ0v) is 29.6. The third-order valence-electron chi connectivity index (χ3n) is 11.3. The first-order valence-electron chi connectivity index (χ1n) is 18.5. The molecular weight excluding hydrogens is 669 g/mol. The molecule has 0 atom stereocenters. The minimum absolute atomic E-state index is 0.500. The fraction of sp³-hybridized carbons (Fsp3) is 0.0196. The van der Waals surface area contributed by atoms with Gasteiger partial charge in [-0.3, -0.25) is 0 Å². The second-order valence-corrected chi connectivity index (χ2v) is 14.2. The molecule has 0 aliphatic heterocycles. The Balaban J connectivity index is 1.12. The Labute approximate surface area is 318 Å². The van der Waals surface area contributed by atoms with Gasteiger partial charge in [-0.05, 0) is 84.6 Å². The van der Waals surface area contributed by atoms with Crippen LogP contribution >= 0.6 is 0 Å². The van der Waals surface area contributed by atoms with Gasteiger partial charge in [0.25, 0.3) is 0 Å². The minimum Gasteiger partial charge on any atom is -0.238 e. The van der Waals surface area contributed by atoms with Gasteiger partial charge >= 0.3 is 0 Å². The standard InChI is InChI=1S/C51H30N4/c1-52-38-27-28-45-42(31-38)47-39(21-12-24-46(47)51(45)43-22-9-7-19-40(43)41-20-8-10-23-44(41)51)35-17-11-18-36(30-35)49-53-48(33-14-3-2-4-15-33)54-50(55-49)37-26-25-32-13-5-6-16-34(32)29-37/h2-31H. The first-order chi connectivity index (χ1) is 27.2. The van der Waals surface area contributed by atoms with Crippen LogP contribution in [0, 0.1) is 6.57 Å². The summed E-state index contributed by atoms with van der Waals surface area (Å²) in [4.78, 5) is 19.1. The Morgan fingerprint density at radius 3 is 1.65 bits per heavy atom. The summed E-state index contributed by atoms with van der Waals surface area (Å²) in [7, 11) is 0. The summed E-state index contributed by atoms with van der Waals surface area (Å²) in [6.07, 6.45) is 0. The van der Waals surface area contributed by atoms with E-state index in [1.807, 2.05) is 36.4 Å². The molecule has 0 saturated carbocycles. The van der Waals surface area contributed by atoms with E-state index in [9.17, 15) is 0 Å². The first kappa shape index (κ1) is 31.1. The molecule has 254 valence electrons. The second kappa shape index (κ2) is 12.0. The van der Waals surface area contributed by atoms with Crippen LogP contribution in [0.25, 0.3) is 83.2 Å². The van der Waals surface area contributed by atoms with Crippen LogP contribution < -0.4 is 0 Å². The predicted molar refractivity (Wildman–Crippen MR) is 222 cm³/mol. The van der Waals surface area contributed by atoms with Gasteiger partial charge < -0.3 is 0 Å². The minimum atomic E-state index is -0.500. The third kappa shape index (κ3) is 4.60. The van der Waals surface area contributed by atoms with Crippen molar-refractivity contribution < 1.29 is 0 Å². The third-order valence-corrected chi connectivity index (χ3v) is 11.3. The maximum Gasteiger partial charge on any atom is 0.187 e. The van der Waals surface area contributed by atoms with Gasteiger partial charge in [-0.15, -0.1) is 0 Å². The van der Waals surface area contributed by atoms with Gasteiger partial charge in [-0.1, -0.05) is 164 Å². The summed E-state index contributed by atoms with van der Waals surface area (Å²) in [5.41, 5.74) is 14.8. The van der Waals surface area contributed by atoms with Crippen LogP contribution in [-0.2, 0) is 5.41 Å². The summed E-state index contributed by atoms with van der Waals surface area (Å²) in [6.45, 7) is 7.97. The van der Waals surface area contributed by atoms with Gasteiger partial charge in [0.15, 0.2) is 23.2 Å². The fourth-order valence-corrected chi connectivity index (χ4v) is 9.00. The van der Waals surface area contributed by atoms with E-state index in [-0.39, 0.29) is 0 Å². The average Bonchev–Trinajstić information content (AvgIpc) is 3.73. The molecule has 0 radical (unpaired) electrons. The van der Waals surface area contributed by atoms with Gasteiger partial charge in [0.05, 0.1) is 12.0 Å². The van der Waals surface area contributed by atoms with E-state index in [1.165, 1.54) is 38.8 Å². The van der Waals surface area contributed by atoms with Crippen LogP contribution in [0.15, 0.2) is 182 Å². The molecule has 0 unspecified atom stereocenters.